The molecule has 19 heavy (non-hydrogen) atoms. The standard InChI is InChI=1S/C17H23NO/c1-2-17-11-5-6-12-18(17)14-16-9-4-3-8-15(16)10-7-13-19/h3-4,8-9,17,19H,2,5-6,11-14H2,1H3. The molecule has 0 amide bonds. The normalized spacial score (nSPS) is 19.8. The summed E-state index contributed by atoms with van der Waals surface area (Å²) in [5.74, 6) is 5.81. The molecular weight excluding hydrogens is 234 g/mol. The number of hydrogen-bond acceptors (Lipinski definition) is 2. The Bertz CT molecular complexity index is 458. The van der Waals surface area contributed by atoms with Crippen molar-refractivity contribution in [3.63, 3.8) is 0 Å². The molecule has 2 rings (SSSR count). The molecule has 2 nitrogen and oxygen atoms in total. The minimum atomic E-state index is -0.0738. The molecule has 1 N–H and O–H groups in total. The van der Waals surface area contributed by atoms with Gasteiger partial charge in [-0.05, 0) is 37.4 Å². The average molecular weight is 257 g/mol. The van der Waals surface area contributed by atoms with Crippen LogP contribution in [0.4, 0.5) is 0 Å². The van der Waals surface area contributed by atoms with Crippen molar-refractivity contribution in [3.05, 3.63) is 35.4 Å². The van der Waals surface area contributed by atoms with E-state index in [9.17, 15) is 0 Å². The molecule has 2 heteroatoms. The Kier molecular flexibility index (Phi) is 5.44. The van der Waals surface area contributed by atoms with E-state index in [1.165, 1.54) is 37.8 Å². The van der Waals surface area contributed by atoms with Crippen molar-refractivity contribution < 1.29 is 5.11 Å². The second-order valence-corrected chi connectivity index (χ2v) is 5.15. The summed E-state index contributed by atoms with van der Waals surface area (Å²) in [6.45, 7) is 4.38. The molecule has 0 saturated carbocycles. The maximum atomic E-state index is 8.84. The first kappa shape index (κ1) is 14.1. The van der Waals surface area contributed by atoms with Gasteiger partial charge in [-0.2, -0.15) is 0 Å². The summed E-state index contributed by atoms with van der Waals surface area (Å²) >= 11 is 0. The van der Waals surface area contributed by atoms with Gasteiger partial charge >= 0.3 is 0 Å². The Balaban J connectivity index is 2.13. The first-order valence-electron chi connectivity index (χ1n) is 7.26. The van der Waals surface area contributed by atoms with Gasteiger partial charge in [0.1, 0.15) is 6.61 Å². The van der Waals surface area contributed by atoms with Crippen LogP contribution in [0.2, 0.25) is 0 Å². The number of nitrogens with zero attached hydrogens (tertiary/aromatic N) is 1. The van der Waals surface area contributed by atoms with Gasteiger partial charge in [0.2, 0.25) is 0 Å². The summed E-state index contributed by atoms with van der Waals surface area (Å²) in [6.07, 6.45) is 5.22. The Morgan fingerprint density at radius 2 is 2.16 bits per heavy atom. The van der Waals surface area contributed by atoms with Crippen molar-refractivity contribution in [2.75, 3.05) is 13.2 Å². The van der Waals surface area contributed by atoms with E-state index in [1.807, 2.05) is 12.1 Å². The molecule has 1 aromatic carbocycles. The second kappa shape index (κ2) is 7.33. The van der Waals surface area contributed by atoms with Gasteiger partial charge in [-0.15, -0.1) is 0 Å². The van der Waals surface area contributed by atoms with Gasteiger partial charge in [-0.1, -0.05) is 43.4 Å². The molecular formula is C17H23NO. The van der Waals surface area contributed by atoms with Gasteiger partial charge in [0.15, 0.2) is 0 Å². The Labute approximate surface area is 116 Å². The molecule has 1 saturated heterocycles. The molecule has 1 aromatic rings. The van der Waals surface area contributed by atoms with Crippen LogP contribution in [0.25, 0.3) is 0 Å². The van der Waals surface area contributed by atoms with E-state index >= 15 is 0 Å². The highest BCUT2D eigenvalue weighted by molar-refractivity contribution is 5.41. The molecule has 0 aromatic heterocycles. The van der Waals surface area contributed by atoms with Crippen molar-refractivity contribution in [2.24, 2.45) is 0 Å². The summed E-state index contributed by atoms with van der Waals surface area (Å²) in [5.41, 5.74) is 2.33. The number of likely N-dealkylation sites (tertiary alicyclic amines) is 1. The van der Waals surface area contributed by atoms with Crippen molar-refractivity contribution >= 4 is 0 Å². The third-order valence-electron chi connectivity index (χ3n) is 3.91. The van der Waals surface area contributed by atoms with E-state index in [1.54, 1.807) is 0 Å². The Hall–Kier alpha value is -1.30. The fourth-order valence-electron chi connectivity index (χ4n) is 2.86. The van der Waals surface area contributed by atoms with Gasteiger partial charge in [0.25, 0.3) is 0 Å². The summed E-state index contributed by atoms with van der Waals surface area (Å²) in [5, 5.41) is 8.84. The average Bonchev–Trinajstić information content (AvgIpc) is 2.47. The highest BCUT2D eigenvalue weighted by atomic mass is 16.2. The van der Waals surface area contributed by atoms with Crippen molar-refractivity contribution in [1.29, 1.82) is 0 Å². The van der Waals surface area contributed by atoms with Crippen molar-refractivity contribution in [1.82, 2.24) is 4.90 Å². The van der Waals surface area contributed by atoms with Gasteiger partial charge in [0, 0.05) is 18.2 Å². The van der Waals surface area contributed by atoms with Crippen LogP contribution in [0.5, 0.6) is 0 Å². The summed E-state index contributed by atoms with van der Waals surface area (Å²) in [7, 11) is 0. The number of hydrogen-bond donors (Lipinski definition) is 1. The van der Waals surface area contributed by atoms with E-state index in [2.05, 4.69) is 35.8 Å². The second-order valence-electron chi connectivity index (χ2n) is 5.15. The zero-order chi connectivity index (χ0) is 13.5. The first-order chi connectivity index (χ1) is 9.35. The van der Waals surface area contributed by atoms with E-state index in [0.717, 1.165) is 12.1 Å². The summed E-state index contributed by atoms with van der Waals surface area (Å²) in [4.78, 5) is 2.59. The Morgan fingerprint density at radius 3 is 2.95 bits per heavy atom. The molecule has 1 heterocycles. The number of aliphatic hydroxyl groups excluding tert-OH is 1. The number of rotatable bonds is 3. The highest BCUT2D eigenvalue weighted by Crippen LogP contribution is 2.22. The fraction of sp³-hybridized carbons (Fsp3) is 0.529. The summed E-state index contributed by atoms with van der Waals surface area (Å²) < 4.78 is 0. The molecule has 102 valence electrons. The number of piperidine rings is 1. The third-order valence-corrected chi connectivity index (χ3v) is 3.91. The smallest absolute Gasteiger partial charge is 0.104 e. The molecule has 1 fully saturated rings. The third kappa shape index (κ3) is 3.83. The van der Waals surface area contributed by atoms with Crippen LogP contribution in [-0.2, 0) is 6.54 Å². The maximum absolute atomic E-state index is 8.84. The first-order valence-corrected chi connectivity index (χ1v) is 7.26. The van der Waals surface area contributed by atoms with Crippen LogP contribution >= 0.6 is 0 Å². The molecule has 0 bridgehead atoms. The van der Waals surface area contributed by atoms with Crippen LogP contribution in [0, 0.1) is 11.8 Å². The van der Waals surface area contributed by atoms with Crippen LogP contribution in [0.15, 0.2) is 24.3 Å². The van der Waals surface area contributed by atoms with Gasteiger partial charge in [0.05, 0.1) is 0 Å². The van der Waals surface area contributed by atoms with Crippen molar-refractivity contribution in [2.45, 2.75) is 45.2 Å². The molecule has 1 aliphatic rings. The predicted molar refractivity (Wildman–Crippen MR) is 78.7 cm³/mol. The molecule has 1 aliphatic heterocycles. The van der Waals surface area contributed by atoms with E-state index < -0.39 is 0 Å². The van der Waals surface area contributed by atoms with Gasteiger partial charge < -0.3 is 5.11 Å². The molecule has 1 atom stereocenters. The Morgan fingerprint density at radius 1 is 1.32 bits per heavy atom. The van der Waals surface area contributed by atoms with Crippen LogP contribution < -0.4 is 0 Å². The lowest BCUT2D eigenvalue weighted by atomic mass is 9.98. The molecule has 0 spiro atoms. The fourth-order valence-corrected chi connectivity index (χ4v) is 2.86. The molecule has 0 aliphatic carbocycles. The quantitative estimate of drug-likeness (QED) is 0.842. The van der Waals surface area contributed by atoms with E-state index in [4.69, 9.17) is 5.11 Å². The summed E-state index contributed by atoms with van der Waals surface area (Å²) in [6, 6.07) is 9.00. The van der Waals surface area contributed by atoms with E-state index in [0.29, 0.717) is 6.04 Å². The van der Waals surface area contributed by atoms with Crippen molar-refractivity contribution in [3.8, 4) is 11.8 Å². The predicted octanol–water partition coefficient (Wildman–Crippen LogP) is 2.79. The van der Waals surface area contributed by atoms with Gasteiger partial charge in [-0.25, -0.2) is 0 Å². The number of aliphatic hydroxyl groups is 1. The number of benzene rings is 1. The lowest BCUT2D eigenvalue weighted by molar-refractivity contribution is 0.136. The topological polar surface area (TPSA) is 23.5 Å². The lowest BCUT2D eigenvalue weighted by Crippen LogP contribution is -2.38. The van der Waals surface area contributed by atoms with Crippen LogP contribution in [0.3, 0.4) is 0 Å². The highest BCUT2D eigenvalue weighted by Gasteiger charge is 2.21. The zero-order valence-electron chi connectivity index (χ0n) is 11.7. The van der Waals surface area contributed by atoms with Crippen LogP contribution in [0.1, 0.15) is 43.7 Å². The van der Waals surface area contributed by atoms with Gasteiger partial charge in [-0.3, -0.25) is 4.90 Å². The maximum Gasteiger partial charge on any atom is 0.104 e. The zero-order valence-corrected chi connectivity index (χ0v) is 11.7. The lowest BCUT2D eigenvalue weighted by Gasteiger charge is -2.35. The molecule has 1 unspecified atom stereocenters. The largest absolute Gasteiger partial charge is 0.384 e. The van der Waals surface area contributed by atoms with E-state index in [-0.39, 0.29) is 6.61 Å². The minimum Gasteiger partial charge on any atom is -0.384 e. The SMILES string of the molecule is CCC1CCCCN1Cc1ccccc1C#CCO. The monoisotopic (exact) mass is 257 g/mol. The van der Waals surface area contributed by atoms with Crippen LogP contribution in [-0.4, -0.2) is 29.2 Å². The molecule has 0 radical (unpaired) electrons. The minimum absolute atomic E-state index is 0.0738.